The lowest BCUT2D eigenvalue weighted by molar-refractivity contribution is -0.113. The van der Waals surface area contributed by atoms with Crippen LogP contribution in [-0.2, 0) is 4.79 Å². The number of anilines is 2. The summed E-state index contributed by atoms with van der Waals surface area (Å²) in [6, 6.07) is 17.0. The van der Waals surface area contributed by atoms with E-state index in [1.54, 1.807) is 55.6 Å². The standard InChI is InChI=1S/C23H20Cl2N2O4S/c1-30-16-7-9-21(31-2)20(12-16)27-22(28)13-32-17-5-3-4-15(11-17)26-23(29)18-8-6-14(24)10-19(18)25/h3-12H,13H2,1-2H3,(H,26,29)(H,27,28). The zero-order valence-electron chi connectivity index (χ0n) is 17.3. The summed E-state index contributed by atoms with van der Waals surface area (Å²) in [5.74, 6) is 0.758. The monoisotopic (exact) mass is 490 g/mol. The fourth-order valence-corrected chi connectivity index (χ4v) is 4.03. The van der Waals surface area contributed by atoms with Crippen LogP contribution < -0.4 is 20.1 Å². The Morgan fingerprint density at radius 3 is 2.47 bits per heavy atom. The van der Waals surface area contributed by atoms with Crippen LogP contribution in [-0.4, -0.2) is 31.8 Å². The van der Waals surface area contributed by atoms with Crippen molar-refractivity contribution in [3.63, 3.8) is 0 Å². The Bertz CT molecular complexity index is 1140. The molecule has 0 radical (unpaired) electrons. The van der Waals surface area contributed by atoms with Crippen LogP contribution in [0.15, 0.2) is 65.6 Å². The van der Waals surface area contributed by atoms with Gasteiger partial charge in [-0.25, -0.2) is 0 Å². The summed E-state index contributed by atoms with van der Waals surface area (Å²) in [4.78, 5) is 25.8. The smallest absolute Gasteiger partial charge is 0.257 e. The number of ether oxygens (including phenoxy) is 2. The van der Waals surface area contributed by atoms with Gasteiger partial charge in [-0.3, -0.25) is 9.59 Å². The topological polar surface area (TPSA) is 76.7 Å². The van der Waals surface area contributed by atoms with Gasteiger partial charge in [0.05, 0.1) is 36.2 Å². The number of rotatable bonds is 8. The summed E-state index contributed by atoms with van der Waals surface area (Å²) in [6.45, 7) is 0. The minimum Gasteiger partial charge on any atom is -0.497 e. The van der Waals surface area contributed by atoms with Gasteiger partial charge in [0.15, 0.2) is 0 Å². The first-order valence-corrected chi connectivity index (χ1v) is 11.1. The first-order chi connectivity index (χ1) is 15.4. The van der Waals surface area contributed by atoms with Gasteiger partial charge in [0.2, 0.25) is 5.91 Å². The predicted molar refractivity (Wildman–Crippen MR) is 130 cm³/mol. The maximum Gasteiger partial charge on any atom is 0.257 e. The van der Waals surface area contributed by atoms with Gasteiger partial charge >= 0.3 is 0 Å². The van der Waals surface area contributed by atoms with Gasteiger partial charge in [0.1, 0.15) is 11.5 Å². The van der Waals surface area contributed by atoms with Crippen molar-refractivity contribution in [2.45, 2.75) is 4.90 Å². The molecule has 0 atom stereocenters. The Hall–Kier alpha value is -2.87. The molecule has 0 heterocycles. The molecule has 9 heteroatoms. The summed E-state index contributed by atoms with van der Waals surface area (Å²) in [7, 11) is 3.08. The van der Waals surface area contributed by atoms with Gasteiger partial charge in [-0.1, -0.05) is 29.3 Å². The van der Waals surface area contributed by atoms with Crippen LogP contribution in [0, 0.1) is 0 Å². The van der Waals surface area contributed by atoms with Gasteiger partial charge in [-0.05, 0) is 48.5 Å². The van der Waals surface area contributed by atoms with Crippen LogP contribution in [0.3, 0.4) is 0 Å². The van der Waals surface area contributed by atoms with Gasteiger partial charge in [-0.15, -0.1) is 11.8 Å². The van der Waals surface area contributed by atoms with Gasteiger partial charge in [0, 0.05) is 21.7 Å². The number of carbonyl (C=O) groups is 2. The highest BCUT2D eigenvalue weighted by molar-refractivity contribution is 8.00. The van der Waals surface area contributed by atoms with Crippen molar-refractivity contribution in [1.82, 2.24) is 0 Å². The zero-order valence-corrected chi connectivity index (χ0v) is 19.6. The van der Waals surface area contributed by atoms with Crippen LogP contribution in [0.5, 0.6) is 11.5 Å². The minimum atomic E-state index is -0.350. The van der Waals surface area contributed by atoms with E-state index in [0.29, 0.717) is 33.5 Å². The lowest BCUT2D eigenvalue weighted by Crippen LogP contribution is -2.15. The van der Waals surface area contributed by atoms with E-state index in [2.05, 4.69) is 10.6 Å². The third-order valence-electron chi connectivity index (χ3n) is 4.32. The molecule has 0 saturated heterocycles. The van der Waals surface area contributed by atoms with Crippen LogP contribution in [0.25, 0.3) is 0 Å². The molecule has 166 valence electrons. The van der Waals surface area contributed by atoms with E-state index in [-0.39, 0.29) is 22.6 Å². The molecular formula is C23H20Cl2N2O4S. The van der Waals surface area contributed by atoms with Crippen molar-refractivity contribution in [3.8, 4) is 11.5 Å². The average molecular weight is 491 g/mol. The first kappa shape index (κ1) is 23.8. The molecule has 3 rings (SSSR count). The molecule has 3 aromatic carbocycles. The third kappa shape index (κ3) is 6.32. The van der Waals surface area contributed by atoms with Crippen LogP contribution in [0.2, 0.25) is 10.0 Å². The summed E-state index contributed by atoms with van der Waals surface area (Å²) in [5.41, 5.74) is 1.43. The second-order valence-electron chi connectivity index (χ2n) is 6.51. The minimum absolute atomic E-state index is 0.167. The Morgan fingerprint density at radius 2 is 1.75 bits per heavy atom. The van der Waals surface area contributed by atoms with Gasteiger partial charge in [0.25, 0.3) is 5.91 Å². The molecule has 0 saturated carbocycles. The number of benzene rings is 3. The molecule has 3 aromatic rings. The van der Waals surface area contributed by atoms with Crippen molar-refractivity contribution in [2.24, 2.45) is 0 Å². The fourth-order valence-electron chi connectivity index (χ4n) is 2.78. The molecule has 0 bridgehead atoms. The van der Waals surface area contributed by atoms with Crippen molar-refractivity contribution in [3.05, 3.63) is 76.3 Å². The molecule has 32 heavy (non-hydrogen) atoms. The number of amides is 2. The maximum atomic E-state index is 12.5. The van der Waals surface area contributed by atoms with Crippen molar-refractivity contribution < 1.29 is 19.1 Å². The number of halogens is 2. The Labute approximate surface area is 200 Å². The lowest BCUT2D eigenvalue weighted by atomic mass is 10.2. The second kappa shape index (κ2) is 11.1. The SMILES string of the molecule is COc1ccc(OC)c(NC(=O)CSc2cccc(NC(=O)c3ccc(Cl)cc3Cl)c2)c1. The molecule has 0 aliphatic heterocycles. The largest absolute Gasteiger partial charge is 0.497 e. The molecule has 0 aliphatic carbocycles. The normalized spacial score (nSPS) is 10.4. The van der Waals surface area contributed by atoms with E-state index >= 15 is 0 Å². The molecule has 0 aromatic heterocycles. The number of methoxy groups -OCH3 is 2. The van der Waals surface area contributed by atoms with E-state index in [4.69, 9.17) is 32.7 Å². The maximum absolute atomic E-state index is 12.5. The Balaban J connectivity index is 1.61. The van der Waals surface area contributed by atoms with Crippen molar-refractivity contribution in [1.29, 1.82) is 0 Å². The molecular weight excluding hydrogens is 471 g/mol. The number of thioether (sulfide) groups is 1. The van der Waals surface area contributed by atoms with Crippen LogP contribution >= 0.6 is 35.0 Å². The van der Waals surface area contributed by atoms with E-state index in [9.17, 15) is 9.59 Å². The predicted octanol–water partition coefficient (Wildman–Crippen LogP) is 5.99. The quantitative estimate of drug-likeness (QED) is 0.379. The molecule has 0 spiro atoms. The van der Waals surface area contributed by atoms with E-state index in [1.165, 1.54) is 24.9 Å². The van der Waals surface area contributed by atoms with Crippen LogP contribution in [0.1, 0.15) is 10.4 Å². The molecule has 6 nitrogen and oxygen atoms in total. The second-order valence-corrected chi connectivity index (χ2v) is 8.40. The summed E-state index contributed by atoms with van der Waals surface area (Å²) < 4.78 is 10.5. The first-order valence-electron chi connectivity index (χ1n) is 9.40. The van der Waals surface area contributed by atoms with Crippen LogP contribution in [0.4, 0.5) is 11.4 Å². The number of nitrogens with one attached hydrogen (secondary N) is 2. The highest BCUT2D eigenvalue weighted by Crippen LogP contribution is 2.30. The third-order valence-corrected chi connectivity index (χ3v) is 5.86. The van der Waals surface area contributed by atoms with E-state index in [1.807, 2.05) is 6.07 Å². The van der Waals surface area contributed by atoms with Gasteiger partial charge < -0.3 is 20.1 Å². The number of carbonyl (C=O) groups excluding carboxylic acids is 2. The number of hydrogen-bond acceptors (Lipinski definition) is 5. The van der Waals surface area contributed by atoms with Crippen molar-refractivity contribution >= 4 is 58.2 Å². The average Bonchev–Trinajstić information content (AvgIpc) is 2.77. The number of hydrogen-bond donors (Lipinski definition) is 2. The summed E-state index contributed by atoms with van der Waals surface area (Å²) >= 11 is 13.3. The molecule has 2 amide bonds. The lowest BCUT2D eigenvalue weighted by Gasteiger charge is -2.12. The molecule has 0 fully saturated rings. The van der Waals surface area contributed by atoms with E-state index in [0.717, 1.165) is 4.90 Å². The Kier molecular flexibility index (Phi) is 8.27. The molecule has 2 N–H and O–H groups in total. The van der Waals surface area contributed by atoms with E-state index < -0.39 is 0 Å². The molecule has 0 aliphatic rings. The zero-order chi connectivity index (χ0) is 23.1. The fraction of sp³-hybridized carbons (Fsp3) is 0.130. The summed E-state index contributed by atoms with van der Waals surface area (Å²) in [5, 5.41) is 6.35. The van der Waals surface area contributed by atoms with Crippen molar-refractivity contribution in [2.75, 3.05) is 30.6 Å². The Morgan fingerprint density at radius 1 is 0.938 bits per heavy atom. The molecule has 0 unspecified atom stereocenters. The van der Waals surface area contributed by atoms with Gasteiger partial charge in [-0.2, -0.15) is 0 Å². The highest BCUT2D eigenvalue weighted by atomic mass is 35.5. The highest BCUT2D eigenvalue weighted by Gasteiger charge is 2.13. The summed E-state index contributed by atoms with van der Waals surface area (Å²) in [6.07, 6.45) is 0.